The van der Waals surface area contributed by atoms with E-state index in [2.05, 4.69) is 49.3 Å². The van der Waals surface area contributed by atoms with E-state index in [-0.39, 0.29) is 15.6 Å². The van der Waals surface area contributed by atoms with Crippen LogP contribution in [0, 0.1) is 0 Å². The van der Waals surface area contributed by atoms with Gasteiger partial charge in [0.2, 0.25) is 5.91 Å². The first kappa shape index (κ1) is 16.2. The summed E-state index contributed by atoms with van der Waals surface area (Å²) in [6.45, 7) is 0.638. The van der Waals surface area contributed by atoms with Crippen molar-refractivity contribution < 1.29 is 4.79 Å². The van der Waals surface area contributed by atoms with E-state index >= 15 is 0 Å². The molecule has 0 bridgehead atoms. The second kappa shape index (κ2) is 8.35. The maximum atomic E-state index is 12.2. The predicted molar refractivity (Wildman–Crippen MR) is 94.0 cm³/mol. The topological polar surface area (TPSA) is 29.1 Å². The van der Waals surface area contributed by atoms with Gasteiger partial charge in [0, 0.05) is 6.54 Å². The molecule has 2 nitrogen and oxygen atoms in total. The Morgan fingerprint density at radius 3 is 2.14 bits per heavy atom. The lowest BCUT2D eigenvalue weighted by molar-refractivity contribution is -0.120. The third-order valence-corrected chi connectivity index (χ3v) is 5.89. The maximum absolute atomic E-state index is 12.2. The van der Waals surface area contributed by atoms with Crippen LogP contribution in [0.25, 0.3) is 0 Å². The van der Waals surface area contributed by atoms with Crippen LogP contribution in [0.1, 0.15) is 16.0 Å². The van der Waals surface area contributed by atoms with E-state index in [9.17, 15) is 4.79 Å². The molecule has 0 aliphatic carbocycles. The first-order chi connectivity index (χ1) is 10.2. The fourth-order valence-electron chi connectivity index (χ4n) is 2.01. The number of hydrogen-bond acceptors (Lipinski definition) is 1. The number of halogens is 2. The summed E-state index contributed by atoms with van der Waals surface area (Å²) in [6.07, 6.45) is 0.838. The molecule has 110 valence electrons. The highest BCUT2D eigenvalue weighted by Gasteiger charge is 2.24. The van der Waals surface area contributed by atoms with Crippen LogP contribution in [-0.2, 0) is 11.2 Å². The molecule has 2 aromatic carbocycles. The summed E-state index contributed by atoms with van der Waals surface area (Å²) in [5.41, 5.74) is 2.31. The smallest absolute Gasteiger partial charge is 0.235 e. The minimum atomic E-state index is -0.296. The van der Waals surface area contributed by atoms with E-state index in [0.717, 1.165) is 12.0 Å². The zero-order chi connectivity index (χ0) is 15.1. The maximum Gasteiger partial charge on any atom is 0.235 e. The van der Waals surface area contributed by atoms with Crippen LogP contribution in [0.15, 0.2) is 60.7 Å². The first-order valence-electron chi connectivity index (χ1n) is 6.83. The Hall–Kier alpha value is -1.13. The Kier molecular flexibility index (Phi) is 6.46. The second-order valence-corrected chi connectivity index (χ2v) is 6.71. The van der Waals surface area contributed by atoms with Crippen molar-refractivity contribution in [3.8, 4) is 0 Å². The summed E-state index contributed by atoms with van der Waals surface area (Å²) in [5.74, 6) is -0.00309. The molecule has 2 aromatic rings. The molecule has 0 fully saturated rings. The van der Waals surface area contributed by atoms with Gasteiger partial charge in [0.25, 0.3) is 0 Å². The van der Waals surface area contributed by atoms with Crippen LogP contribution in [0.4, 0.5) is 0 Å². The molecule has 1 N–H and O–H groups in total. The molecular weight excluding hydrogens is 394 g/mol. The van der Waals surface area contributed by atoms with E-state index in [1.54, 1.807) is 0 Å². The van der Waals surface area contributed by atoms with Gasteiger partial charge in [0.05, 0.1) is 4.83 Å². The van der Waals surface area contributed by atoms with E-state index in [4.69, 9.17) is 0 Å². The number of nitrogens with one attached hydrogen (secondary N) is 1. The average Bonchev–Trinajstić information content (AvgIpc) is 2.55. The molecule has 0 aromatic heterocycles. The van der Waals surface area contributed by atoms with Crippen molar-refractivity contribution in [2.75, 3.05) is 6.54 Å². The monoisotopic (exact) mass is 409 g/mol. The van der Waals surface area contributed by atoms with Crippen LogP contribution >= 0.6 is 31.9 Å². The fraction of sp³-hybridized carbons (Fsp3) is 0.235. The summed E-state index contributed by atoms with van der Waals surface area (Å²) in [5, 5.41) is 2.97. The number of carbonyl (C=O) groups is 1. The molecule has 2 atom stereocenters. The van der Waals surface area contributed by atoms with Crippen LogP contribution in [0.3, 0.4) is 0 Å². The molecule has 21 heavy (non-hydrogen) atoms. The Morgan fingerprint density at radius 2 is 1.52 bits per heavy atom. The Labute approximate surface area is 142 Å². The molecule has 0 aliphatic rings. The highest BCUT2D eigenvalue weighted by Crippen LogP contribution is 2.31. The van der Waals surface area contributed by atoms with Crippen LogP contribution in [0.5, 0.6) is 0 Å². The van der Waals surface area contributed by atoms with Gasteiger partial charge in [0.1, 0.15) is 4.83 Å². The van der Waals surface area contributed by atoms with E-state index < -0.39 is 0 Å². The van der Waals surface area contributed by atoms with E-state index in [1.165, 1.54) is 5.56 Å². The van der Waals surface area contributed by atoms with Gasteiger partial charge in [-0.25, -0.2) is 0 Å². The van der Waals surface area contributed by atoms with Gasteiger partial charge in [0.15, 0.2) is 0 Å². The van der Waals surface area contributed by atoms with Gasteiger partial charge >= 0.3 is 0 Å². The molecule has 1 amide bonds. The van der Waals surface area contributed by atoms with Gasteiger partial charge < -0.3 is 5.32 Å². The van der Waals surface area contributed by atoms with Crippen LogP contribution in [-0.4, -0.2) is 17.3 Å². The first-order valence-corrected chi connectivity index (χ1v) is 8.66. The van der Waals surface area contributed by atoms with Gasteiger partial charge in [-0.3, -0.25) is 4.79 Å². The second-order valence-electron chi connectivity index (χ2n) is 4.74. The molecular formula is C17H17Br2NO. The van der Waals surface area contributed by atoms with Crippen molar-refractivity contribution in [1.29, 1.82) is 0 Å². The minimum absolute atomic E-state index is 0.00309. The predicted octanol–water partition coefficient (Wildman–Crippen LogP) is 4.25. The largest absolute Gasteiger partial charge is 0.355 e. The third-order valence-electron chi connectivity index (χ3n) is 3.18. The number of alkyl halides is 2. The molecule has 2 rings (SSSR count). The molecule has 0 radical (unpaired) electrons. The lowest BCUT2D eigenvalue weighted by atomic mass is 10.1. The van der Waals surface area contributed by atoms with E-state index in [1.807, 2.05) is 48.5 Å². The fourth-order valence-corrected chi connectivity index (χ4v) is 3.02. The normalized spacial score (nSPS) is 13.4. The average molecular weight is 411 g/mol. The molecule has 0 heterocycles. The summed E-state index contributed by atoms with van der Waals surface area (Å²) in [7, 11) is 0. The Bertz CT molecular complexity index is 560. The number of rotatable bonds is 6. The minimum Gasteiger partial charge on any atom is -0.355 e. The van der Waals surface area contributed by atoms with Gasteiger partial charge in [-0.05, 0) is 17.5 Å². The van der Waals surface area contributed by atoms with Crippen molar-refractivity contribution >= 4 is 37.8 Å². The van der Waals surface area contributed by atoms with Gasteiger partial charge in [-0.1, -0.05) is 92.5 Å². The molecule has 0 spiro atoms. The number of benzene rings is 2. The van der Waals surface area contributed by atoms with Crippen molar-refractivity contribution in [3.05, 3.63) is 71.8 Å². The lowest BCUT2D eigenvalue weighted by Gasteiger charge is -2.17. The molecule has 0 aliphatic heterocycles. The van der Waals surface area contributed by atoms with E-state index in [0.29, 0.717) is 6.54 Å². The molecule has 4 heteroatoms. The standard InChI is InChI=1S/C17H17Br2NO/c18-15(14-9-5-2-6-10-14)16(19)17(21)20-12-11-13-7-3-1-4-8-13/h1-10,15-16H,11-12H2,(H,20,21). The summed E-state index contributed by atoms with van der Waals surface area (Å²) >= 11 is 7.05. The van der Waals surface area contributed by atoms with Crippen molar-refractivity contribution in [3.63, 3.8) is 0 Å². The summed E-state index contributed by atoms with van der Waals surface area (Å²) < 4.78 is 0. The lowest BCUT2D eigenvalue weighted by Crippen LogP contribution is -2.34. The Morgan fingerprint density at radius 1 is 0.952 bits per heavy atom. The van der Waals surface area contributed by atoms with Crippen molar-refractivity contribution in [2.45, 2.75) is 16.1 Å². The highest BCUT2D eigenvalue weighted by atomic mass is 79.9. The van der Waals surface area contributed by atoms with Crippen molar-refractivity contribution in [2.24, 2.45) is 0 Å². The third kappa shape index (κ3) is 4.97. The number of carbonyl (C=O) groups excluding carboxylic acids is 1. The molecule has 2 unspecified atom stereocenters. The zero-order valence-electron chi connectivity index (χ0n) is 11.5. The SMILES string of the molecule is O=C(NCCc1ccccc1)C(Br)C(Br)c1ccccc1. The van der Waals surface area contributed by atoms with Gasteiger partial charge in [-0.15, -0.1) is 0 Å². The van der Waals surface area contributed by atoms with Crippen LogP contribution < -0.4 is 5.32 Å². The Balaban J connectivity index is 1.82. The van der Waals surface area contributed by atoms with Crippen molar-refractivity contribution in [1.82, 2.24) is 5.32 Å². The number of amides is 1. The highest BCUT2D eigenvalue weighted by molar-refractivity contribution is 9.12. The zero-order valence-corrected chi connectivity index (χ0v) is 14.7. The van der Waals surface area contributed by atoms with Crippen LogP contribution in [0.2, 0.25) is 0 Å². The molecule has 0 saturated carbocycles. The summed E-state index contributed by atoms with van der Waals surface area (Å²) in [6, 6.07) is 20.0. The van der Waals surface area contributed by atoms with Gasteiger partial charge in [-0.2, -0.15) is 0 Å². The summed E-state index contributed by atoms with van der Waals surface area (Å²) in [4.78, 5) is 11.8. The molecule has 0 saturated heterocycles. The number of hydrogen-bond donors (Lipinski definition) is 1. The quantitative estimate of drug-likeness (QED) is 0.708.